The summed E-state index contributed by atoms with van der Waals surface area (Å²) in [6.07, 6.45) is 4.23. The fraction of sp³-hybridized carbons (Fsp3) is 0.538. The van der Waals surface area contributed by atoms with Gasteiger partial charge in [0.1, 0.15) is 5.82 Å². The van der Waals surface area contributed by atoms with Gasteiger partial charge < -0.3 is 10.1 Å². The molecular weight excluding hydrogens is 241 g/mol. The summed E-state index contributed by atoms with van der Waals surface area (Å²) < 4.78 is 19.0. The first-order valence-corrected chi connectivity index (χ1v) is 6.43. The van der Waals surface area contributed by atoms with Gasteiger partial charge in [-0.05, 0) is 37.0 Å². The molecule has 1 N–H and O–H groups in total. The van der Waals surface area contributed by atoms with Crippen LogP contribution in [0, 0.1) is 5.82 Å². The van der Waals surface area contributed by atoms with E-state index in [4.69, 9.17) is 16.3 Å². The van der Waals surface area contributed by atoms with Crippen LogP contribution in [0.25, 0.3) is 0 Å². The van der Waals surface area contributed by atoms with Crippen molar-refractivity contribution in [2.45, 2.75) is 44.1 Å². The number of nitrogens with one attached hydrogen (secondary N) is 1. The molecule has 2 bridgehead atoms. The van der Waals surface area contributed by atoms with Gasteiger partial charge in [-0.3, -0.25) is 0 Å². The number of ether oxygens (including phenoxy) is 1. The summed E-state index contributed by atoms with van der Waals surface area (Å²) >= 11 is 5.64. The second-order valence-corrected chi connectivity index (χ2v) is 5.25. The lowest BCUT2D eigenvalue weighted by Crippen LogP contribution is -2.36. The van der Waals surface area contributed by atoms with Crippen molar-refractivity contribution in [1.82, 2.24) is 5.32 Å². The van der Waals surface area contributed by atoms with Crippen LogP contribution in [-0.2, 0) is 11.3 Å². The van der Waals surface area contributed by atoms with E-state index in [1.165, 1.54) is 12.5 Å². The Morgan fingerprint density at radius 1 is 1.41 bits per heavy atom. The van der Waals surface area contributed by atoms with Gasteiger partial charge in [0.25, 0.3) is 0 Å². The minimum atomic E-state index is -0.352. The lowest BCUT2D eigenvalue weighted by molar-refractivity contribution is 0.0973. The Morgan fingerprint density at radius 2 is 2.29 bits per heavy atom. The number of rotatable bonds is 3. The monoisotopic (exact) mass is 255 g/mol. The van der Waals surface area contributed by atoms with Gasteiger partial charge in [0.2, 0.25) is 0 Å². The molecule has 2 aliphatic rings. The van der Waals surface area contributed by atoms with Gasteiger partial charge in [-0.25, -0.2) is 4.39 Å². The third-order valence-corrected chi connectivity index (χ3v) is 3.96. The molecule has 2 nitrogen and oxygen atoms in total. The van der Waals surface area contributed by atoms with E-state index in [0.717, 1.165) is 18.4 Å². The molecule has 92 valence electrons. The topological polar surface area (TPSA) is 21.3 Å². The highest BCUT2D eigenvalue weighted by molar-refractivity contribution is 6.30. The van der Waals surface area contributed by atoms with Crippen LogP contribution in [0.1, 0.15) is 24.8 Å². The van der Waals surface area contributed by atoms with E-state index in [9.17, 15) is 4.39 Å². The Kier molecular flexibility index (Phi) is 3.07. The standard InChI is InChI=1S/C13H15ClFNO/c14-10-3-1-8(5-11(10)15)7-16-12-6-9-2-4-13(12)17-9/h1,3,5,9,12-13,16H,2,4,6-7H2. The first-order chi connectivity index (χ1) is 8.22. The number of fused-ring (bicyclic) bond motifs is 2. The molecule has 1 aromatic carbocycles. The number of benzene rings is 1. The molecule has 0 radical (unpaired) electrons. The van der Waals surface area contributed by atoms with Gasteiger partial charge >= 0.3 is 0 Å². The van der Waals surface area contributed by atoms with Gasteiger partial charge in [-0.1, -0.05) is 17.7 Å². The second kappa shape index (κ2) is 4.56. The molecular formula is C13H15ClFNO. The Balaban J connectivity index is 1.59. The van der Waals surface area contributed by atoms with Crippen molar-refractivity contribution in [3.8, 4) is 0 Å². The smallest absolute Gasteiger partial charge is 0.142 e. The van der Waals surface area contributed by atoms with Crippen LogP contribution in [0.4, 0.5) is 4.39 Å². The minimum Gasteiger partial charge on any atom is -0.373 e. The van der Waals surface area contributed by atoms with E-state index in [1.54, 1.807) is 6.07 Å². The highest BCUT2D eigenvalue weighted by atomic mass is 35.5. The Hall–Kier alpha value is -0.640. The molecule has 3 unspecified atom stereocenters. The van der Waals surface area contributed by atoms with Crippen molar-refractivity contribution in [3.05, 3.63) is 34.6 Å². The van der Waals surface area contributed by atoms with E-state index in [2.05, 4.69) is 5.32 Å². The van der Waals surface area contributed by atoms with Crippen LogP contribution in [0.15, 0.2) is 18.2 Å². The first kappa shape index (κ1) is 11.5. The second-order valence-electron chi connectivity index (χ2n) is 4.85. The highest BCUT2D eigenvalue weighted by Crippen LogP contribution is 2.34. The summed E-state index contributed by atoms with van der Waals surface area (Å²) in [5.74, 6) is -0.352. The average Bonchev–Trinajstić information content (AvgIpc) is 2.92. The zero-order valence-corrected chi connectivity index (χ0v) is 10.2. The van der Waals surface area contributed by atoms with Crippen LogP contribution in [0.2, 0.25) is 5.02 Å². The fourth-order valence-electron chi connectivity index (χ4n) is 2.75. The fourth-order valence-corrected chi connectivity index (χ4v) is 2.87. The lowest BCUT2D eigenvalue weighted by atomic mass is 9.95. The largest absolute Gasteiger partial charge is 0.373 e. The van der Waals surface area contributed by atoms with Crippen molar-refractivity contribution in [2.75, 3.05) is 0 Å². The third kappa shape index (κ3) is 2.32. The van der Waals surface area contributed by atoms with E-state index in [1.807, 2.05) is 6.07 Å². The van der Waals surface area contributed by atoms with E-state index >= 15 is 0 Å². The van der Waals surface area contributed by atoms with Crippen LogP contribution in [-0.4, -0.2) is 18.2 Å². The van der Waals surface area contributed by atoms with Crippen LogP contribution in [0.3, 0.4) is 0 Å². The molecule has 1 aromatic rings. The van der Waals surface area contributed by atoms with E-state index in [-0.39, 0.29) is 10.8 Å². The van der Waals surface area contributed by atoms with E-state index in [0.29, 0.717) is 24.8 Å². The maximum atomic E-state index is 13.2. The maximum absolute atomic E-state index is 13.2. The number of hydrogen-bond donors (Lipinski definition) is 1. The maximum Gasteiger partial charge on any atom is 0.142 e. The Bertz CT molecular complexity index is 426. The zero-order chi connectivity index (χ0) is 11.8. The molecule has 2 aliphatic heterocycles. The van der Waals surface area contributed by atoms with Crippen molar-refractivity contribution in [3.63, 3.8) is 0 Å². The molecule has 0 aromatic heterocycles. The SMILES string of the molecule is Fc1cc(CNC2CC3CCC2O3)ccc1Cl. The lowest BCUT2D eigenvalue weighted by Gasteiger charge is -2.20. The summed E-state index contributed by atoms with van der Waals surface area (Å²) in [6, 6.07) is 5.37. The predicted molar refractivity (Wildman–Crippen MR) is 64.5 cm³/mol. The zero-order valence-electron chi connectivity index (χ0n) is 9.46. The van der Waals surface area contributed by atoms with Crippen molar-refractivity contribution in [2.24, 2.45) is 0 Å². The molecule has 0 amide bonds. The molecule has 0 spiro atoms. The summed E-state index contributed by atoms with van der Waals surface area (Å²) in [7, 11) is 0. The molecule has 2 fully saturated rings. The third-order valence-electron chi connectivity index (χ3n) is 3.66. The van der Waals surface area contributed by atoms with Gasteiger partial charge in [-0.2, -0.15) is 0 Å². The summed E-state index contributed by atoms with van der Waals surface area (Å²) in [4.78, 5) is 0. The predicted octanol–water partition coefficient (Wildman–Crippen LogP) is 2.89. The van der Waals surface area contributed by atoms with Crippen LogP contribution >= 0.6 is 11.6 Å². The summed E-state index contributed by atoms with van der Waals surface area (Å²) in [6.45, 7) is 0.672. The molecule has 17 heavy (non-hydrogen) atoms. The Labute approximate surface area is 105 Å². The van der Waals surface area contributed by atoms with Gasteiger partial charge in [-0.15, -0.1) is 0 Å². The van der Waals surface area contributed by atoms with Gasteiger partial charge in [0.15, 0.2) is 0 Å². The molecule has 0 aliphatic carbocycles. The van der Waals surface area contributed by atoms with Crippen LogP contribution in [0.5, 0.6) is 0 Å². The molecule has 0 saturated carbocycles. The van der Waals surface area contributed by atoms with Crippen molar-refractivity contribution < 1.29 is 9.13 Å². The molecule has 3 rings (SSSR count). The Morgan fingerprint density at radius 3 is 2.94 bits per heavy atom. The molecule has 2 saturated heterocycles. The van der Waals surface area contributed by atoms with Gasteiger partial charge in [0.05, 0.1) is 17.2 Å². The number of halogens is 2. The minimum absolute atomic E-state index is 0.178. The molecule has 3 atom stereocenters. The summed E-state index contributed by atoms with van der Waals surface area (Å²) in [5, 5.41) is 3.62. The van der Waals surface area contributed by atoms with Gasteiger partial charge in [0, 0.05) is 12.6 Å². The molecule has 2 heterocycles. The summed E-state index contributed by atoms with van der Waals surface area (Å²) in [5.41, 5.74) is 0.926. The quantitative estimate of drug-likeness (QED) is 0.897. The molecule has 4 heteroatoms. The van der Waals surface area contributed by atoms with E-state index < -0.39 is 0 Å². The van der Waals surface area contributed by atoms with Crippen LogP contribution < -0.4 is 5.32 Å². The van der Waals surface area contributed by atoms with Crippen molar-refractivity contribution in [1.29, 1.82) is 0 Å². The van der Waals surface area contributed by atoms with Crippen molar-refractivity contribution >= 4 is 11.6 Å². The normalized spacial score (nSPS) is 31.1. The number of hydrogen-bond acceptors (Lipinski definition) is 2. The highest BCUT2D eigenvalue weighted by Gasteiger charge is 2.40. The average molecular weight is 256 g/mol. The first-order valence-electron chi connectivity index (χ1n) is 6.05.